The van der Waals surface area contributed by atoms with Crippen LogP contribution in [0.5, 0.6) is 5.75 Å². The minimum atomic E-state index is 0.794. The number of benzene rings is 1. The smallest absolute Gasteiger partial charge is 0.178 e. The van der Waals surface area contributed by atoms with Gasteiger partial charge in [-0.15, -0.1) is 0 Å². The number of ether oxygens (including phenoxy) is 1. The molecule has 0 amide bonds. The lowest BCUT2D eigenvalue weighted by atomic mass is 10.3. The van der Waals surface area contributed by atoms with Crippen LogP contribution in [0.4, 0.5) is 0 Å². The minimum Gasteiger partial charge on any atom is -0.497 e. The number of imidazole rings is 1. The average Bonchev–Trinajstić information content (AvgIpc) is 2.70. The number of aryl methyl sites for hydroxylation is 1. The number of aromatic amines is 1. The maximum atomic E-state index is 5.37. The highest BCUT2D eigenvalue weighted by molar-refractivity contribution is 7.98. The summed E-state index contributed by atoms with van der Waals surface area (Å²) in [6.07, 6.45) is 4.51. The molecule has 0 unspecified atom stereocenters. The summed E-state index contributed by atoms with van der Waals surface area (Å²) < 4.78 is 8.22. The van der Waals surface area contributed by atoms with Gasteiger partial charge < -0.3 is 14.3 Å². The van der Waals surface area contributed by atoms with E-state index in [-0.39, 0.29) is 0 Å². The first kappa shape index (κ1) is 13.5. The van der Waals surface area contributed by atoms with Crippen molar-refractivity contribution in [2.45, 2.75) is 19.4 Å². The SMILES string of the molecule is COc1ccc2[nH]c(=S)n(CCCCSC)c2c1. The molecule has 1 aromatic carbocycles. The lowest BCUT2D eigenvalue weighted by molar-refractivity contribution is 0.415. The van der Waals surface area contributed by atoms with Gasteiger partial charge in [-0.25, -0.2) is 0 Å². The quantitative estimate of drug-likeness (QED) is 0.644. The van der Waals surface area contributed by atoms with Gasteiger partial charge in [0.15, 0.2) is 4.77 Å². The maximum absolute atomic E-state index is 5.37. The van der Waals surface area contributed by atoms with Crippen LogP contribution >= 0.6 is 24.0 Å². The second-order valence-electron chi connectivity index (χ2n) is 4.16. The van der Waals surface area contributed by atoms with Crippen molar-refractivity contribution in [3.63, 3.8) is 0 Å². The molecule has 0 aliphatic heterocycles. The third kappa shape index (κ3) is 2.90. The molecular weight excluding hydrogens is 264 g/mol. The molecule has 1 N–H and O–H groups in total. The van der Waals surface area contributed by atoms with Gasteiger partial charge in [-0.05, 0) is 49.2 Å². The Morgan fingerprint density at radius 3 is 2.94 bits per heavy atom. The van der Waals surface area contributed by atoms with Crippen LogP contribution < -0.4 is 4.74 Å². The topological polar surface area (TPSA) is 29.9 Å². The van der Waals surface area contributed by atoms with Gasteiger partial charge >= 0.3 is 0 Å². The van der Waals surface area contributed by atoms with Gasteiger partial charge in [0.2, 0.25) is 0 Å². The van der Waals surface area contributed by atoms with Crippen molar-refractivity contribution in [2.24, 2.45) is 0 Å². The van der Waals surface area contributed by atoms with Crippen molar-refractivity contribution in [3.8, 4) is 5.75 Å². The minimum absolute atomic E-state index is 0.794. The number of methoxy groups -OCH3 is 1. The zero-order valence-corrected chi connectivity index (χ0v) is 12.4. The van der Waals surface area contributed by atoms with E-state index in [0.717, 1.165) is 34.5 Å². The summed E-state index contributed by atoms with van der Waals surface area (Å²) in [4.78, 5) is 3.24. The van der Waals surface area contributed by atoms with Crippen LogP contribution in [0, 0.1) is 4.77 Å². The molecule has 1 heterocycles. The van der Waals surface area contributed by atoms with Crippen LogP contribution in [0.15, 0.2) is 18.2 Å². The van der Waals surface area contributed by atoms with Gasteiger partial charge in [-0.3, -0.25) is 0 Å². The van der Waals surface area contributed by atoms with Gasteiger partial charge in [-0.1, -0.05) is 0 Å². The van der Waals surface area contributed by atoms with Gasteiger partial charge in [0.05, 0.1) is 18.1 Å². The zero-order chi connectivity index (χ0) is 13.0. The van der Waals surface area contributed by atoms with Gasteiger partial charge in [0.1, 0.15) is 5.75 Å². The monoisotopic (exact) mass is 282 g/mol. The first-order valence-corrected chi connectivity index (χ1v) is 7.82. The zero-order valence-electron chi connectivity index (χ0n) is 10.7. The predicted octanol–water partition coefficient (Wildman–Crippen LogP) is 3.85. The highest BCUT2D eigenvalue weighted by Crippen LogP contribution is 2.21. The largest absolute Gasteiger partial charge is 0.497 e. The van der Waals surface area contributed by atoms with Crippen molar-refractivity contribution in [2.75, 3.05) is 19.1 Å². The molecular formula is C13H18N2OS2. The van der Waals surface area contributed by atoms with Crippen LogP contribution in [0.3, 0.4) is 0 Å². The Kier molecular flexibility index (Phi) is 4.72. The molecule has 2 aromatic rings. The number of thioether (sulfide) groups is 1. The summed E-state index contributed by atoms with van der Waals surface area (Å²) in [5, 5.41) is 0. The van der Waals surface area contributed by atoms with Crippen LogP contribution in [0.25, 0.3) is 11.0 Å². The van der Waals surface area contributed by atoms with Crippen molar-refractivity contribution < 1.29 is 4.74 Å². The molecule has 3 nitrogen and oxygen atoms in total. The third-order valence-corrected chi connectivity index (χ3v) is 3.98. The third-order valence-electron chi connectivity index (χ3n) is 2.96. The second kappa shape index (κ2) is 6.29. The molecule has 2 rings (SSSR count). The van der Waals surface area contributed by atoms with E-state index in [9.17, 15) is 0 Å². The average molecular weight is 282 g/mol. The van der Waals surface area contributed by atoms with E-state index in [0.29, 0.717) is 0 Å². The standard InChI is InChI=1S/C13H18N2OS2/c1-16-10-5-6-11-12(9-10)15(13(17)14-11)7-3-4-8-18-2/h5-6,9H,3-4,7-8H2,1-2H3,(H,14,17). The van der Waals surface area contributed by atoms with E-state index in [1.54, 1.807) is 7.11 Å². The Morgan fingerprint density at radius 1 is 1.39 bits per heavy atom. The lowest BCUT2D eigenvalue weighted by Crippen LogP contribution is -1.98. The number of rotatable bonds is 6. The van der Waals surface area contributed by atoms with Crippen molar-refractivity contribution in [1.82, 2.24) is 9.55 Å². The Morgan fingerprint density at radius 2 is 2.22 bits per heavy atom. The summed E-state index contributed by atoms with van der Waals surface area (Å²) >= 11 is 7.26. The molecule has 0 spiro atoms. The van der Waals surface area contributed by atoms with Crippen molar-refractivity contribution in [1.29, 1.82) is 0 Å². The number of aromatic nitrogens is 2. The molecule has 0 saturated heterocycles. The Hall–Kier alpha value is -0.940. The number of nitrogens with zero attached hydrogens (tertiary/aromatic N) is 1. The summed E-state index contributed by atoms with van der Waals surface area (Å²) in [6.45, 7) is 0.965. The number of hydrogen-bond acceptors (Lipinski definition) is 3. The van der Waals surface area contributed by atoms with E-state index in [4.69, 9.17) is 17.0 Å². The van der Waals surface area contributed by atoms with Crippen molar-refractivity contribution >= 4 is 35.0 Å². The molecule has 5 heteroatoms. The number of unbranched alkanes of at least 4 members (excludes halogenated alkanes) is 1. The first-order chi connectivity index (χ1) is 8.76. The summed E-state index contributed by atoms with van der Waals surface area (Å²) in [5.74, 6) is 2.08. The Balaban J connectivity index is 2.24. The highest BCUT2D eigenvalue weighted by Gasteiger charge is 2.05. The second-order valence-corrected chi connectivity index (χ2v) is 5.54. The van der Waals surface area contributed by atoms with Gasteiger partial charge in [0.25, 0.3) is 0 Å². The molecule has 0 fully saturated rings. The molecule has 0 aliphatic carbocycles. The summed E-state index contributed by atoms with van der Waals surface area (Å²) in [7, 11) is 1.69. The molecule has 0 atom stereocenters. The van der Waals surface area contributed by atoms with Crippen LogP contribution in [0.1, 0.15) is 12.8 Å². The van der Waals surface area contributed by atoms with E-state index in [1.807, 2.05) is 30.0 Å². The van der Waals surface area contributed by atoms with E-state index in [2.05, 4.69) is 15.8 Å². The van der Waals surface area contributed by atoms with Crippen LogP contribution in [-0.2, 0) is 6.54 Å². The van der Waals surface area contributed by atoms with Gasteiger partial charge in [-0.2, -0.15) is 11.8 Å². The molecule has 0 radical (unpaired) electrons. The van der Waals surface area contributed by atoms with Crippen LogP contribution in [-0.4, -0.2) is 28.7 Å². The fourth-order valence-corrected chi connectivity index (χ4v) is 2.79. The fraction of sp³-hybridized carbons (Fsp3) is 0.462. The molecule has 98 valence electrons. The molecule has 0 bridgehead atoms. The Labute approximate surface area is 117 Å². The summed E-state index contributed by atoms with van der Waals surface area (Å²) in [5.41, 5.74) is 2.20. The fourth-order valence-electron chi connectivity index (χ4n) is 2.00. The predicted molar refractivity (Wildman–Crippen MR) is 81.3 cm³/mol. The van der Waals surface area contributed by atoms with Crippen molar-refractivity contribution in [3.05, 3.63) is 23.0 Å². The van der Waals surface area contributed by atoms with E-state index in [1.165, 1.54) is 12.2 Å². The molecule has 18 heavy (non-hydrogen) atoms. The highest BCUT2D eigenvalue weighted by atomic mass is 32.2. The number of hydrogen-bond donors (Lipinski definition) is 1. The summed E-state index contributed by atoms with van der Waals surface area (Å²) in [6, 6.07) is 6.00. The molecule has 1 aromatic heterocycles. The first-order valence-electron chi connectivity index (χ1n) is 6.01. The van der Waals surface area contributed by atoms with E-state index < -0.39 is 0 Å². The molecule has 0 aliphatic rings. The number of nitrogens with one attached hydrogen (secondary N) is 1. The lowest BCUT2D eigenvalue weighted by Gasteiger charge is -2.05. The van der Waals surface area contributed by atoms with E-state index >= 15 is 0 Å². The van der Waals surface area contributed by atoms with Crippen LogP contribution in [0.2, 0.25) is 0 Å². The van der Waals surface area contributed by atoms with Gasteiger partial charge in [0, 0.05) is 12.6 Å². The normalized spacial score (nSPS) is 11.0. The Bertz CT molecular complexity index is 574. The number of H-pyrrole nitrogens is 1. The number of fused-ring (bicyclic) bond motifs is 1. The molecule has 0 saturated carbocycles. The maximum Gasteiger partial charge on any atom is 0.178 e.